The van der Waals surface area contributed by atoms with Crippen molar-refractivity contribution in [1.29, 1.82) is 0 Å². The summed E-state index contributed by atoms with van der Waals surface area (Å²) in [5.41, 5.74) is 0.666. The zero-order chi connectivity index (χ0) is 30.8. The van der Waals surface area contributed by atoms with Crippen molar-refractivity contribution in [3.63, 3.8) is 0 Å². The lowest BCUT2D eigenvalue weighted by Gasteiger charge is -2.22. The number of methoxy groups -OCH3 is 1. The second kappa shape index (κ2) is 18.8. The van der Waals surface area contributed by atoms with Gasteiger partial charge < -0.3 is 25.0 Å². The summed E-state index contributed by atoms with van der Waals surface area (Å²) in [4.78, 5) is 20.6. The predicted octanol–water partition coefficient (Wildman–Crippen LogP) is 6.41. The fraction of sp³-hybridized carbons (Fsp3) is 0.586. The Morgan fingerprint density at radius 2 is 1.83 bits per heavy atom. The van der Waals surface area contributed by atoms with Crippen LogP contribution >= 0.6 is 0 Å². The van der Waals surface area contributed by atoms with Gasteiger partial charge in [-0.05, 0) is 62.8 Å². The van der Waals surface area contributed by atoms with Crippen LogP contribution in [0.15, 0.2) is 18.2 Å². The van der Waals surface area contributed by atoms with Gasteiger partial charge in [-0.1, -0.05) is 33.1 Å². The summed E-state index contributed by atoms with van der Waals surface area (Å²) in [5, 5.41) is 31.9. The van der Waals surface area contributed by atoms with Crippen LogP contribution in [0.1, 0.15) is 82.4 Å². The standard InChI is InChI=1S/C26H36F3N3O4.C3H6O2/c1-4-6-7-9-18(5-2)30-25-20(13-14-23(34)35)19(10-8-15-36-3)24(31-32-25)21-12-11-17(16-22(21)33)26(27,28)29;1-2-5-3-4/h11-12,16,18,33H,4-10,13-15H2,1-3H3,(H,30,32)(H,34,35);3H,2H2,1H3. The number of aliphatic carboxylic acids is 1. The van der Waals surface area contributed by atoms with Gasteiger partial charge in [0.05, 0.1) is 12.2 Å². The van der Waals surface area contributed by atoms with E-state index in [1.54, 1.807) is 14.0 Å². The average molecular weight is 586 g/mol. The Morgan fingerprint density at radius 3 is 2.34 bits per heavy atom. The van der Waals surface area contributed by atoms with Crippen molar-refractivity contribution in [3.05, 3.63) is 34.9 Å². The van der Waals surface area contributed by atoms with Gasteiger partial charge in [-0.3, -0.25) is 9.59 Å². The van der Waals surface area contributed by atoms with Crippen LogP contribution in [-0.4, -0.2) is 59.2 Å². The zero-order valence-corrected chi connectivity index (χ0v) is 24.2. The first kappa shape index (κ1) is 35.6. The van der Waals surface area contributed by atoms with Crippen LogP contribution in [0.25, 0.3) is 11.3 Å². The maximum absolute atomic E-state index is 13.1. The number of carboxylic acids is 1. The second-order valence-corrected chi connectivity index (χ2v) is 9.37. The van der Waals surface area contributed by atoms with Gasteiger partial charge >= 0.3 is 12.1 Å². The Balaban J connectivity index is 0.00000154. The first-order chi connectivity index (χ1) is 19.5. The van der Waals surface area contributed by atoms with Gasteiger partial charge in [0, 0.05) is 37.3 Å². The molecule has 0 saturated heterocycles. The number of benzene rings is 1. The van der Waals surface area contributed by atoms with E-state index in [2.05, 4.69) is 34.1 Å². The molecule has 0 aliphatic rings. The predicted molar refractivity (Wildman–Crippen MR) is 150 cm³/mol. The lowest BCUT2D eigenvalue weighted by molar-refractivity contribution is -0.138. The third-order valence-corrected chi connectivity index (χ3v) is 6.35. The molecule has 0 amide bonds. The summed E-state index contributed by atoms with van der Waals surface area (Å²) in [6.45, 7) is 7.28. The molecule has 0 bridgehead atoms. The van der Waals surface area contributed by atoms with Crippen LogP contribution in [0, 0.1) is 0 Å². The maximum atomic E-state index is 13.1. The molecule has 0 aliphatic heterocycles. The fourth-order valence-corrected chi connectivity index (χ4v) is 4.19. The molecule has 2 aromatic rings. The molecule has 0 spiro atoms. The Kier molecular flexibility index (Phi) is 16.4. The number of aromatic nitrogens is 2. The number of rotatable bonds is 17. The van der Waals surface area contributed by atoms with E-state index in [1.807, 2.05) is 0 Å². The van der Waals surface area contributed by atoms with Gasteiger partial charge in [-0.15, -0.1) is 10.2 Å². The zero-order valence-electron chi connectivity index (χ0n) is 24.2. The monoisotopic (exact) mass is 585 g/mol. The first-order valence-electron chi connectivity index (χ1n) is 13.8. The molecular weight excluding hydrogens is 543 g/mol. The minimum absolute atomic E-state index is 0.112. The van der Waals surface area contributed by atoms with E-state index in [4.69, 9.17) is 4.74 Å². The number of anilines is 1. The van der Waals surface area contributed by atoms with Gasteiger partial charge in [0.15, 0.2) is 5.82 Å². The highest BCUT2D eigenvalue weighted by Crippen LogP contribution is 2.38. The number of nitrogens with zero attached hydrogens (tertiary/aromatic N) is 2. The topological polar surface area (TPSA) is 131 Å². The molecule has 230 valence electrons. The molecule has 41 heavy (non-hydrogen) atoms. The summed E-state index contributed by atoms with van der Waals surface area (Å²) in [6, 6.07) is 2.85. The number of alkyl halides is 3. The Morgan fingerprint density at radius 1 is 1.10 bits per heavy atom. The van der Waals surface area contributed by atoms with Crippen LogP contribution < -0.4 is 5.32 Å². The number of carbonyl (C=O) groups excluding carboxylic acids is 1. The molecule has 0 fully saturated rings. The molecular formula is C29H42F3N3O6. The molecule has 1 aromatic heterocycles. The van der Waals surface area contributed by atoms with Gasteiger partial charge in [0.2, 0.25) is 0 Å². The van der Waals surface area contributed by atoms with Crippen molar-refractivity contribution >= 4 is 18.3 Å². The van der Waals surface area contributed by atoms with Crippen LogP contribution in [-0.2, 0) is 38.1 Å². The van der Waals surface area contributed by atoms with Gasteiger partial charge in [0.25, 0.3) is 6.47 Å². The van der Waals surface area contributed by atoms with Crippen LogP contribution in [0.4, 0.5) is 19.0 Å². The summed E-state index contributed by atoms with van der Waals surface area (Å²) in [7, 11) is 1.56. The van der Waals surface area contributed by atoms with Crippen LogP contribution in [0.3, 0.4) is 0 Å². The largest absolute Gasteiger partial charge is 0.507 e. The number of unbranched alkanes of at least 4 members (excludes halogenated alkanes) is 2. The van der Waals surface area contributed by atoms with Crippen molar-refractivity contribution < 1.29 is 42.4 Å². The fourth-order valence-electron chi connectivity index (χ4n) is 4.19. The number of phenolic OH excluding ortho intramolecular Hbond substituents is 1. The Hall–Kier alpha value is -3.41. The van der Waals surface area contributed by atoms with Gasteiger partial charge in [0.1, 0.15) is 11.4 Å². The number of ether oxygens (including phenoxy) is 2. The minimum atomic E-state index is -4.60. The smallest absolute Gasteiger partial charge is 0.416 e. The molecule has 3 N–H and O–H groups in total. The average Bonchev–Trinajstić information content (AvgIpc) is 2.92. The molecule has 1 heterocycles. The van der Waals surface area contributed by atoms with E-state index in [1.165, 1.54) is 6.07 Å². The van der Waals surface area contributed by atoms with E-state index in [0.29, 0.717) is 55.5 Å². The molecule has 9 nitrogen and oxygen atoms in total. The normalized spacial score (nSPS) is 11.8. The molecule has 2 rings (SSSR count). The number of aromatic hydroxyl groups is 1. The van der Waals surface area contributed by atoms with E-state index >= 15 is 0 Å². The molecule has 0 saturated carbocycles. The number of nitrogens with one attached hydrogen (secondary N) is 1. The number of carbonyl (C=O) groups is 2. The minimum Gasteiger partial charge on any atom is -0.507 e. The van der Waals surface area contributed by atoms with Crippen molar-refractivity contribution in [2.24, 2.45) is 0 Å². The van der Waals surface area contributed by atoms with E-state index < -0.39 is 23.5 Å². The number of phenols is 1. The number of hydrogen-bond donors (Lipinski definition) is 3. The summed E-state index contributed by atoms with van der Waals surface area (Å²) >= 11 is 0. The van der Waals surface area contributed by atoms with Crippen molar-refractivity contribution in [2.75, 3.05) is 25.6 Å². The molecule has 12 heteroatoms. The second-order valence-electron chi connectivity index (χ2n) is 9.37. The highest BCUT2D eigenvalue weighted by atomic mass is 19.4. The van der Waals surface area contributed by atoms with Crippen molar-refractivity contribution in [3.8, 4) is 17.0 Å². The SMILES string of the molecule is CCCCCC(CC)Nc1nnc(-c2ccc(C(F)(F)F)cc2O)c(CCCOC)c1CCC(=O)O.CCOC=O. The Labute approximate surface area is 239 Å². The highest BCUT2D eigenvalue weighted by molar-refractivity contribution is 5.74. The highest BCUT2D eigenvalue weighted by Gasteiger charge is 2.32. The molecule has 1 unspecified atom stereocenters. The number of hydrogen-bond acceptors (Lipinski definition) is 8. The lowest BCUT2D eigenvalue weighted by Crippen LogP contribution is -2.22. The first-order valence-corrected chi connectivity index (χ1v) is 13.8. The van der Waals surface area contributed by atoms with Crippen molar-refractivity contribution in [2.45, 2.75) is 90.8 Å². The van der Waals surface area contributed by atoms with E-state index in [-0.39, 0.29) is 30.1 Å². The molecule has 1 aromatic carbocycles. The van der Waals surface area contributed by atoms with Gasteiger partial charge in [-0.2, -0.15) is 13.2 Å². The summed E-state index contributed by atoms with van der Waals surface area (Å²) < 4.78 is 48.7. The van der Waals surface area contributed by atoms with Gasteiger partial charge in [-0.25, -0.2) is 0 Å². The quantitative estimate of drug-likeness (QED) is 0.142. The van der Waals surface area contributed by atoms with Crippen molar-refractivity contribution in [1.82, 2.24) is 10.2 Å². The maximum Gasteiger partial charge on any atom is 0.416 e. The lowest BCUT2D eigenvalue weighted by atomic mass is 9.93. The molecule has 0 aliphatic carbocycles. The molecule has 1 atom stereocenters. The molecule has 0 radical (unpaired) electrons. The van der Waals surface area contributed by atoms with Crippen LogP contribution in [0.2, 0.25) is 0 Å². The summed E-state index contributed by atoms with van der Waals surface area (Å²) in [5.74, 6) is -1.07. The van der Waals surface area contributed by atoms with E-state index in [9.17, 15) is 33.0 Å². The van der Waals surface area contributed by atoms with Crippen LogP contribution in [0.5, 0.6) is 5.75 Å². The number of halogens is 3. The van der Waals surface area contributed by atoms with E-state index in [0.717, 1.165) is 38.2 Å². The third kappa shape index (κ3) is 12.3. The Bertz CT molecular complexity index is 1080. The number of carboxylic acid groups (broad SMARTS) is 1. The third-order valence-electron chi connectivity index (χ3n) is 6.35. The summed E-state index contributed by atoms with van der Waals surface area (Å²) in [6.07, 6.45) is 1.40.